The Hall–Kier alpha value is -3.54. The fourth-order valence-corrected chi connectivity index (χ4v) is 3.32. The van der Waals surface area contributed by atoms with E-state index in [1.165, 1.54) is 19.2 Å². The average Bonchev–Trinajstić information content (AvgIpc) is 2.59. The number of nitrogens with zero attached hydrogens (tertiary/aromatic N) is 2. The van der Waals surface area contributed by atoms with E-state index >= 15 is 0 Å². The maximum Gasteiger partial charge on any atom is 0.315 e. The molecule has 0 saturated heterocycles. The number of carbonyl (C=O) groups is 1. The van der Waals surface area contributed by atoms with Crippen molar-refractivity contribution in [1.82, 2.24) is 0 Å². The van der Waals surface area contributed by atoms with Crippen LogP contribution in [0.1, 0.15) is 30.7 Å². The lowest BCUT2D eigenvalue weighted by Crippen LogP contribution is -2.27. The molecule has 0 saturated carbocycles. The lowest BCUT2D eigenvalue weighted by Gasteiger charge is -2.31. The highest BCUT2D eigenvalue weighted by atomic mass is 16.6. The first kappa shape index (κ1) is 17.3. The maximum atomic E-state index is 12.5. The van der Waals surface area contributed by atoms with Gasteiger partial charge in [0, 0.05) is 24.5 Å². The standard InChI is InChI=1S/C17H15N3O6/c1-25-16-10(20(23)24)5-8(6-12(16)22)14-9(7-18)17(19)26-13-4-2-3-11(21)15(13)14/h5-6,14,22H,2-4,19H2,1H3. The normalized spacial score (nSPS) is 19.5. The molecule has 1 atom stereocenters. The molecule has 0 bridgehead atoms. The molecule has 0 aromatic heterocycles. The number of phenols is 1. The number of hydrogen-bond donors (Lipinski definition) is 2. The number of nitrogens with two attached hydrogens (primary N) is 1. The smallest absolute Gasteiger partial charge is 0.315 e. The molecule has 0 amide bonds. The van der Waals surface area contributed by atoms with Gasteiger partial charge in [-0.1, -0.05) is 0 Å². The number of nitro benzene ring substituents is 1. The number of ketones is 1. The van der Waals surface area contributed by atoms with Crippen LogP contribution in [0.25, 0.3) is 0 Å². The van der Waals surface area contributed by atoms with Crippen molar-refractivity contribution in [2.75, 3.05) is 7.11 Å². The lowest BCUT2D eigenvalue weighted by molar-refractivity contribution is -0.385. The Bertz CT molecular complexity index is 925. The molecule has 3 rings (SSSR count). The number of carbonyl (C=O) groups excluding carboxylic acids is 1. The lowest BCUT2D eigenvalue weighted by atomic mass is 9.77. The first-order chi connectivity index (χ1) is 12.4. The first-order valence-electron chi connectivity index (χ1n) is 7.78. The van der Waals surface area contributed by atoms with Crippen molar-refractivity contribution in [3.8, 4) is 17.6 Å². The molecule has 0 fully saturated rings. The second kappa shape index (κ2) is 6.40. The number of phenolic OH excluding ortho intramolecular Hbond substituents is 1. The van der Waals surface area contributed by atoms with Crippen LogP contribution in [0.3, 0.4) is 0 Å². The van der Waals surface area contributed by atoms with Crippen LogP contribution in [0.2, 0.25) is 0 Å². The molecule has 26 heavy (non-hydrogen) atoms. The van der Waals surface area contributed by atoms with E-state index in [9.17, 15) is 25.3 Å². The highest BCUT2D eigenvalue weighted by molar-refractivity contribution is 5.99. The second-order valence-electron chi connectivity index (χ2n) is 5.89. The minimum atomic E-state index is -0.938. The molecule has 9 heteroatoms. The number of hydrogen-bond acceptors (Lipinski definition) is 8. The van der Waals surface area contributed by atoms with Crippen molar-refractivity contribution in [1.29, 1.82) is 5.26 Å². The van der Waals surface area contributed by atoms with E-state index in [1.807, 2.05) is 6.07 Å². The van der Waals surface area contributed by atoms with E-state index < -0.39 is 22.3 Å². The number of allylic oxidation sites excluding steroid dienone is 3. The van der Waals surface area contributed by atoms with Crippen molar-refractivity contribution in [2.45, 2.75) is 25.2 Å². The van der Waals surface area contributed by atoms with Crippen molar-refractivity contribution < 1.29 is 24.3 Å². The van der Waals surface area contributed by atoms with E-state index in [-0.39, 0.29) is 40.5 Å². The van der Waals surface area contributed by atoms with E-state index in [2.05, 4.69) is 0 Å². The largest absolute Gasteiger partial charge is 0.504 e. The average molecular weight is 357 g/mol. The van der Waals surface area contributed by atoms with Crippen LogP contribution in [0.5, 0.6) is 11.5 Å². The van der Waals surface area contributed by atoms with Gasteiger partial charge in [0.2, 0.25) is 11.6 Å². The van der Waals surface area contributed by atoms with Crippen LogP contribution in [0, 0.1) is 21.4 Å². The van der Waals surface area contributed by atoms with Crippen LogP contribution >= 0.6 is 0 Å². The minimum Gasteiger partial charge on any atom is -0.504 e. The molecule has 1 aliphatic heterocycles. The predicted octanol–water partition coefficient (Wildman–Crippen LogP) is 2.12. The van der Waals surface area contributed by atoms with Gasteiger partial charge in [0.05, 0.1) is 18.0 Å². The topological polar surface area (TPSA) is 149 Å². The summed E-state index contributed by atoms with van der Waals surface area (Å²) >= 11 is 0. The Balaban J connectivity index is 2.26. The van der Waals surface area contributed by atoms with Gasteiger partial charge in [-0.3, -0.25) is 14.9 Å². The number of ether oxygens (including phenoxy) is 2. The second-order valence-corrected chi connectivity index (χ2v) is 5.89. The predicted molar refractivity (Wildman–Crippen MR) is 87.8 cm³/mol. The Morgan fingerprint density at radius 1 is 1.46 bits per heavy atom. The van der Waals surface area contributed by atoms with Crippen LogP contribution in [-0.2, 0) is 9.53 Å². The van der Waals surface area contributed by atoms with Crippen molar-refractivity contribution in [2.24, 2.45) is 5.73 Å². The summed E-state index contributed by atoms with van der Waals surface area (Å²) in [7, 11) is 1.19. The van der Waals surface area contributed by atoms with Crippen LogP contribution in [-0.4, -0.2) is 22.9 Å². The van der Waals surface area contributed by atoms with Crippen LogP contribution in [0.15, 0.2) is 34.9 Å². The van der Waals surface area contributed by atoms with Gasteiger partial charge in [0.15, 0.2) is 11.5 Å². The summed E-state index contributed by atoms with van der Waals surface area (Å²) in [5, 5.41) is 31.0. The van der Waals surface area contributed by atoms with E-state index in [0.29, 0.717) is 18.6 Å². The number of aromatic hydroxyl groups is 1. The molecule has 1 aromatic carbocycles. The zero-order valence-electron chi connectivity index (χ0n) is 13.8. The van der Waals surface area contributed by atoms with Crippen molar-refractivity contribution in [3.05, 3.63) is 50.6 Å². The quantitative estimate of drug-likeness (QED) is 0.617. The number of Topliss-reactive ketones (excluding diaryl/α,β-unsaturated/α-hetero) is 1. The molecule has 2 aliphatic rings. The zero-order valence-corrected chi connectivity index (χ0v) is 13.8. The van der Waals surface area contributed by atoms with Gasteiger partial charge < -0.3 is 20.3 Å². The summed E-state index contributed by atoms with van der Waals surface area (Å²) in [5.74, 6) is -1.71. The summed E-state index contributed by atoms with van der Waals surface area (Å²) < 4.78 is 10.3. The summed E-state index contributed by atoms with van der Waals surface area (Å²) in [4.78, 5) is 23.1. The summed E-state index contributed by atoms with van der Waals surface area (Å²) in [6.45, 7) is 0. The maximum absolute atomic E-state index is 12.5. The Kier molecular flexibility index (Phi) is 4.26. The first-order valence-corrected chi connectivity index (χ1v) is 7.78. The molecule has 0 spiro atoms. The molecule has 1 aliphatic carbocycles. The number of methoxy groups -OCH3 is 1. The van der Waals surface area contributed by atoms with Gasteiger partial charge in [-0.2, -0.15) is 5.26 Å². The molecule has 1 unspecified atom stereocenters. The summed E-state index contributed by atoms with van der Waals surface area (Å²) in [6.07, 6.45) is 1.34. The molecular formula is C17H15N3O6. The SMILES string of the molecule is COc1c(O)cc(C2C(C#N)=C(N)OC3=C2C(=O)CCC3)cc1[N+](=O)[O-]. The zero-order chi connectivity index (χ0) is 19.0. The number of benzene rings is 1. The van der Waals surface area contributed by atoms with E-state index in [0.717, 1.165) is 0 Å². The van der Waals surface area contributed by atoms with Gasteiger partial charge in [-0.05, 0) is 18.1 Å². The molecule has 0 radical (unpaired) electrons. The Labute approximate surface area is 148 Å². The van der Waals surface area contributed by atoms with Gasteiger partial charge in [0.25, 0.3) is 0 Å². The third-order valence-corrected chi connectivity index (χ3v) is 4.41. The molecule has 1 heterocycles. The molecule has 1 aromatic rings. The molecule has 134 valence electrons. The third kappa shape index (κ3) is 2.61. The van der Waals surface area contributed by atoms with E-state index in [1.54, 1.807) is 0 Å². The number of rotatable bonds is 3. The van der Waals surface area contributed by atoms with Crippen molar-refractivity contribution in [3.63, 3.8) is 0 Å². The van der Waals surface area contributed by atoms with Gasteiger partial charge in [0.1, 0.15) is 17.4 Å². The highest BCUT2D eigenvalue weighted by Crippen LogP contribution is 2.47. The van der Waals surface area contributed by atoms with Gasteiger partial charge >= 0.3 is 5.69 Å². The Morgan fingerprint density at radius 3 is 2.81 bits per heavy atom. The summed E-state index contributed by atoms with van der Waals surface area (Å²) in [6, 6.07) is 4.32. The summed E-state index contributed by atoms with van der Waals surface area (Å²) in [5.41, 5.74) is 5.77. The minimum absolute atomic E-state index is 0.0298. The monoisotopic (exact) mass is 357 g/mol. The number of nitro groups is 1. The molecular weight excluding hydrogens is 342 g/mol. The van der Waals surface area contributed by atoms with Gasteiger partial charge in [-0.25, -0.2) is 0 Å². The van der Waals surface area contributed by atoms with Gasteiger partial charge in [-0.15, -0.1) is 0 Å². The fourth-order valence-electron chi connectivity index (χ4n) is 3.32. The highest BCUT2D eigenvalue weighted by Gasteiger charge is 2.39. The number of nitriles is 1. The molecule has 3 N–H and O–H groups in total. The molecule has 9 nitrogen and oxygen atoms in total. The van der Waals surface area contributed by atoms with Crippen molar-refractivity contribution >= 4 is 11.5 Å². The van der Waals surface area contributed by atoms with Crippen LogP contribution in [0.4, 0.5) is 5.69 Å². The third-order valence-electron chi connectivity index (χ3n) is 4.41. The van der Waals surface area contributed by atoms with Crippen LogP contribution < -0.4 is 10.5 Å². The fraction of sp³-hybridized carbons (Fsp3) is 0.294. The Morgan fingerprint density at radius 2 is 2.19 bits per heavy atom. The van der Waals surface area contributed by atoms with E-state index in [4.69, 9.17) is 15.2 Å².